The number of nitrogens with one attached hydrogen (secondary N) is 1. The SMILES string of the molecule is COc1ccc(CNCCc2coc(-c3ccccc3)n2)cc1O. The van der Waals surface area contributed by atoms with Gasteiger partial charge in [0.05, 0.1) is 12.8 Å². The molecule has 0 spiro atoms. The van der Waals surface area contributed by atoms with Crippen LogP contribution in [0.15, 0.2) is 59.2 Å². The third-order valence-corrected chi connectivity index (χ3v) is 3.70. The van der Waals surface area contributed by atoms with E-state index in [-0.39, 0.29) is 5.75 Å². The maximum Gasteiger partial charge on any atom is 0.226 e. The fraction of sp³-hybridized carbons (Fsp3) is 0.211. The molecule has 0 aliphatic heterocycles. The van der Waals surface area contributed by atoms with Gasteiger partial charge in [-0.15, -0.1) is 0 Å². The van der Waals surface area contributed by atoms with E-state index in [9.17, 15) is 5.11 Å². The van der Waals surface area contributed by atoms with E-state index in [4.69, 9.17) is 9.15 Å². The lowest BCUT2D eigenvalue weighted by atomic mass is 10.2. The molecule has 124 valence electrons. The Morgan fingerprint density at radius 3 is 2.75 bits per heavy atom. The highest BCUT2D eigenvalue weighted by molar-refractivity contribution is 5.52. The number of hydrogen-bond donors (Lipinski definition) is 2. The Hall–Kier alpha value is -2.79. The smallest absolute Gasteiger partial charge is 0.226 e. The van der Waals surface area contributed by atoms with Crippen molar-refractivity contribution in [1.29, 1.82) is 0 Å². The maximum absolute atomic E-state index is 9.76. The number of oxazole rings is 1. The topological polar surface area (TPSA) is 67.5 Å². The Labute approximate surface area is 140 Å². The van der Waals surface area contributed by atoms with Crippen molar-refractivity contribution in [2.45, 2.75) is 13.0 Å². The van der Waals surface area contributed by atoms with Gasteiger partial charge < -0.3 is 19.6 Å². The lowest BCUT2D eigenvalue weighted by Crippen LogP contribution is -2.16. The first kappa shape index (κ1) is 16.1. The van der Waals surface area contributed by atoms with Crippen molar-refractivity contribution in [2.75, 3.05) is 13.7 Å². The molecular formula is C19H20N2O3. The van der Waals surface area contributed by atoms with E-state index in [0.717, 1.165) is 29.8 Å². The van der Waals surface area contributed by atoms with Gasteiger partial charge in [0.15, 0.2) is 11.5 Å². The van der Waals surface area contributed by atoms with E-state index in [0.29, 0.717) is 18.2 Å². The number of aromatic nitrogens is 1. The minimum absolute atomic E-state index is 0.154. The van der Waals surface area contributed by atoms with Gasteiger partial charge in [-0.3, -0.25) is 0 Å². The van der Waals surface area contributed by atoms with Crippen molar-refractivity contribution in [3.63, 3.8) is 0 Å². The molecule has 3 aromatic rings. The molecule has 24 heavy (non-hydrogen) atoms. The van der Waals surface area contributed by atoms with Gasteiger partial charge in [0.2, 0.25) is 5.89 Å². The molecule has 0 aliphatic rings. The van der Waals surface area contributed by atoms with Gasteiger partial charge in [-0.2, -0.15) is 0 Å². The number of aromatic hydroxyl groups is 1. The van der Waals surface area contributed by atoms with Crippen LogP contribution in [0.25, 0.3) is 11.5 Å². The molecule has 3 rings (SSSR count). The number of benzene rings is 2. The summed E-state index contributed by atoms with van der Waals surface area (Å²) in [7, 11) is 1.54. The molecule has 0 aliphatic carbocycles. The standard InChI is InChI=1S/C19H20N2O3/c1-23-18-8-7-14(11-17(18)22)12-20-10-9-16-13-24-19(21-16)15-5-3-2-4-6-15/h2-8,11,13,20,22H,9-10,12H2,1H3. The van der Waals surface area contributed by atoms with E-state index in [1.807, 2.05) is 36.4 Å². The molecule has 5 nitrogen and oxygen atoms in total. The van der Waals surface area contributed by atoms with Gasteiger partial charge in [0.1, 0.15) is 6.26 Å². The number of methoxy groups -OCH3 is 1. The van der Waals surface area contributed by atoms with Crippen molar-refractivity contribution in [3.8, 4) is 23.0 Å². The van der Waals surface area contributed by atoms with E-state index in [1.165, 1.54) is 7.11 Å². The van der Waals surface area contributed by atoms with Crippen molar-refractivity contribution in [2.24, 2.45) is 0 Å². The predicted octanol–water partition coefficient (Wildman–Crippen LogP) is 3.39. The summed E-state index contributed by atoms with van der Waals surface area (Å²) in [5.41, 5.74) is 2.89. The number of phenols is 1. The normalized spacial score (nSPS) is 10.7. The van der Waals surface area contributed by atoms with Crippen LogP contribution in [0.4, 0.5) is 0 Å². The van der Waals surface area contributed by atoms with Crippen LogP contribution < -0.4 is 10.1 Å². The van der Waals surface area contributed by atoms with Crippen molar-refractivity contribution >= 4 is 0 Å². The second-order valence-electron chi connectivity index (χ2n) is 5.44. The van der Waals surface area contributed by atoms with Crippen LogP contribution in [0.2, 0.25) is 0 Å². The molecule has 1 heterocycles. The molecule has 0 bridgehead atoms. The van der Waals surface area contributed by atoms with Crippen LogP contribution in [0.5, 0.6) is 11.5 Å². The summed E-state index contributed by atoms with van der Waals surface area (Å²) < 4.78 is 10.6. The summed E-state index contributed by atoms with van der Waals surface area (Å²) in [6.45, 7) is 1.44. The third-order valence-electron chi connectivity index (χ3n) is 3.70. The number of rotatable bonds is 7. The van der Waals surface area contributed by atoms with E-state index in [2.05, 4.69) is 10.3 Å². The Bertz CT molecular complexity index is 784. The molecule has 0 unspecified atom stereocenters. The molecule has 2 N–H and O–H groups in total. The molecule has 0 saturated heterocycles. The first-order valence-electron chi connectivity index (χ1n) is 7.82. The van der Waals surface area contributed by atoms with Crippen LogP contribution in [0.3, 0.4) is 0 Å². The Balaban J connectivity index is 1.49. The number of ether oxygens (including phenoxy) is 1. The minimum atomic E-state index is 0.154. The second kappa shape index (κ2) is 7.66. The van der Waals surface area contributed by atoms with E-state index in [1.54, 1.807) is 18.4 Å². The first-order valence-corrected chi connectivity index (χ1v) is 7.82. The summed E-state index contributed by atoms with van der Waals surface area (Å²) in [6, 6.07) is 15.2. The highest BCUT2D eigenvalue weighted by Gasteiger charge is 2.06. The fourth-order valence-electron chi connectivity index (χ4n) is 2.43. The zero-order chi connectivity index (χ0) is 16.8. The summed E-state index contributed by atoms with van der Waals surface area (Å²) in [4.78, 5) is 4.50. The predicted molar refractivity (Wildman–Crippen MR) is 92.0 cm³/mol. The van der Waals surface area contributed by atoms with Crippen molar-refractivity contribution in [3.05, 3.63) is 66.1 Å². The summed E-state index contributed by atoms with van der Waals surface area (Å²) in [5, 5.41) is 13.1. The van der Waals surface area contributed by atoms with Crippen LogP contribution in [-0.2, 0) is 13.0 Å². The number of phenolic OH excluding ortho intramolecular Hbond substituents is 1. The molecule has 0 radical (unpaired) electrons. The molecule has 0 saturated carbocycles. The van der Waals surface area contributed by atoms with Crippen molar-refractivity contribution in [1.82, 2.24) is 10.3 Å². The highest BCUT2D eigenvalue weighted by atomic mass is 16.5. The average Bonchev–Trinajstić information content (AvgIpc) is 3.09. The van der Waals surface area contributed by atoms with Gasteiger partial charge >= 0.3 is 0 Å². The van der Waals surface area contributed by atoms with Crippen LogP contribution >= 0.6 is 0 Å². The Morgan fingerprint density at radius 1 is 1.17 bits per heavy atom. The maximum atomic E-state index is 9.76. The number of hydrogen-bond acceptors (Lipinski definition) is 5. The minimum Gasteiger partial charge on any atom is -0.504 e. The summed E-state index contributed by atoms with van der Waals surface area (Å²) in [5.74, 6) is 1.28. The second-order valence-corrected chi connectivity index (χ2v) is 5.44. The lowest BCUT2D eigenvalue weighted by Gasteiger charge is -2.07. The van der Waals surface area contributed by atoms with E-state index >= 15 is 0 Å². The number of nitrogens with zero attached hydrogens (tertiary/aromatic N) is 1. The quantitative estimate of drug-likeness (QED) is 0.652. The summed E-state index contributed by atoms with van der Waals surface area (Å²) in [6.07, 6.45) is 2.47. The molecule has 5 heteroatoms. The van der Waals surface area contributed by atoms with Gasteiger partial charge in [-0.1, -0.05) is 24.3 Å². The van der Waals surface area contributed by atoms with Crippen LogP contribution in [0, 0.1) is 0 Å². The lowest BCUT2D eigenvalue weighted by molar-refractivity contribution is 0.373. The monoisotopic (exact) mass is 324 g/mol. The first-order chi connectivity index (χ1) is 11.8. The summed E-state index contributed by atoms with van der Waals surface area (Å²) >= 11 is 0. The molecule has 0 atom stereocenters. The molecule has 0 amide bonds. The van der Waals surface area contributed by atoms with Gasteiger partial charge in [0.25, 0.3) is 0 Å². The Morgan fingerprint density at radius 2 is 2.00 bits per heavy atom. The molecular weight excluding hydrogens is 304 g/mol. The third kappa shape index (κ3) is 3.94. The fourth-order valence-corrected chi connectivity index (χ4v) is 2.43. The Kier molecular flexibility index (Phi) is 5.13. The van der Waals surface area contributed by atoms with Gasteiger partial charge in [-0.05, 0) is 29.8 Å². The van der Waals surface area contributed by atoms with Crippen LogP contribution in [-0.4, -0.2) is 23.7 Å². The van der Waals surface area contributed by atoms with Crippen molar-refractivity contribution < 1.29 is 14.3 Å². The zero-order valence-corrected chi connectivity index (χ0v) is 13.5. The molecule has 0 fully saturated rings. The zero-order valence-electron chi connectivity index (χ0n) is 13.5. The molecule has 2 aromatic carbocycles. The van der Waals surface area contributed by atoms with Gasteiger partial charge in [-0.25, -0.2) is 4.98 Å². The van der Waals surface area contributed by atoms with Crippen LogP contribution in [0.1, 0.15) is 11.3 Å². The molecule has 1 aromatic heterocycles. The highest BCUT2D eigenvalue weighted by Crippen LogP contribution is 2.26. The van der Waals surface area contributed by atoms with Gasteiger partial charge in [0, 0.05) is 25.1 Å². The largest absolute Gasteiger partial charge is 0.504 e. The average molecular weight is 324 g/mol. The van der Waals surface area contributed by atoms with E-state index < -0.39 is 0 Å².